The van der Waals surface area contributed by atoms with E-state index in [0.29, 0.717) is 0 Å². The lowest BCUT2D eigenvalue weighted by Crippen LogP contribution is -2.32. The van der Waals surface area contributed by atoms with Crippen LogP contribution in [0.2, 0.25) is 0 Å². The minimum Gasteiger partial charge on any atom is -0.464 e. The molecule has 2 rings (SSSR count). The Morgan fingerprint density at radius 2 is 2.23 bits per heavy atom. The van der Waals surface area contributed by atoms with Crippen LogP contribution in [0.4, 0.5) is 0 Å². The Hall–Kier alpha value is -0.0900. The van der Waals surface area contributed by atoms with Crippen LogP contribution in [0.25, 0.3) is 0 Å². The second kappa shape index (κ2) is 3.58. The normalized spacial score (nSPS) is 25.9. The van der Waals surface area contributed by atoms with Gasteiger partial charge in [0, 0.05) is 12.5 Å². The highest BCUT2D eigenvalue weighted by molar-refractivity contribution is 8.19. The molecular weight excluding hydrogens is 204 g/mol. The number of ketones is 1. The lowest BCUT2D eigenvalue weighted by atomic mass is 10.3. The van der Waals surface area contributed by atoms with Crippen molar-refractivity contribution >= 4 is 29.3 Å². The predicted octanol–water partition coefficient (Wildman–Crippen LogP) is 2.40. The van der Waals surface area contributed by atoms with E-state index in [2.05, 4.69) is 0 Å². The Balaban J connectivity index is 2.13. The molecule has 2 aliphatic heterocycles. The lowest BCUT2D eigenvalue weighted by molar-refractivity contribution is -0.118. The third-order valence-electron chi connectivity index (χ3n) is 2.08. The number of hydrogen-bond donors (Lipinski definition) is 0. The molecule has 0 unspecified atom stereocenters. The Labute approximate surface area is 86.5 Å². The standard InChI is InChI=1S/C9H12O2S2/c1-2-7-6-8(10)9(11-7)12-4-3-5-13-9/h6H,2-5H2,1H3. The Kier molecular flexibility index (Phi) is 2.60. The van der Waals surface area contributed by atoms with E-state index in [1.54, 1.807) is 29.6 Å². The molecule has 0 N–H and O–H groups in total. The summed E-state index contributed by atoms with van der Waals surface area (Å²) in [4.78, 5) is 11.7. The van der Waals surface area contributed by atoms with Gasteiger partial charge in [0.2, 0.25) is 5.78 Å². The second-order valence-electron chi connectivity index (χ2n) is 3.04. The van der Waals surface area contributed by atoms with Gasteiger partial charge in [-0.25, -0.2) is 0 Å². The van der Waals surface area contributed by atoms with E-state index in [0.717, 1.165) is 23.7 Å². The Morgan fingerprint density at radius 1 is 1.54 bits per heavy atom. The summed E-state index contributed by atoms with van der Waals surface area (Å²) < 4.78 is 5.10. The van der Waals surface area contributed by atoms with Gasteiger partial charge in [-0.3, -0.25) is 4.79 Å². The molecule has 4 heteroatoms. The van der Waals surface area contributed by atoms with Crippen molar-refractivity contribution in [2.24, 2.45) is 0 Å². The van der Waals surface area contributed by atoms with Crippen molar-refractivity contribution in [2.75, 3.05) is 11.5 Å². The second-order valence-corrected chi connectivity index (χ2v) is 5.84. The van der Waals surface area contributed by atoms with Crippen LogP contribution in [0.15, 0.2) is 11.8 Å². The van der Waals surface area contributed by atoms with E-state index >= 15 is 0 Å². The lowest BCUT2D eigenvalue weighted by Gasteiger charge is -2.30. The van der Waals surface area contributed by atoms with Gasteiger partial charge in [-0.15, -0.1) is 0 Å². The number of allylic oxidation sites excluding steroid dienone is 1. The van der Waals surface area contributed by atoms with E-state index in [9.17, 15) is 4.79 Å². The van der Waals surface area contributed by atoms with Crippen LogP contribution in [-0.2, 0) is 9.53 Å². The fourth-order valence-corrected chi connectivity index (χ4v) is 4.24. The summed E-state index contributed by atoms with van der Waals surface area (Å²) in [6.45, 7) is 2.01. The molecule has 1 spiro atoms. The molecule has 0 aromatic heterocycles. The highest BCUT2D eigenvalue weighted by Gasteiger charge is 2.46. The van der Waals surface area contributed by atoms with Gasteiger partial charge in [-0.2, -0.15) is 0 Å². The summed E-state index contributed by atoms with van der Waals surface area (Å²) in [7, 11) is 0. The van der Waals surface area contributed by atoms with Crippen LogP contribution >= 0.6 is 23.5 Å². The van der Waals surface area contributed by atoms with Crippen molar-refractivity contribution in [3.63, 3.8) is 0 Å². The molecule has 0 saturated carbocycles. The van der Waals surface area contributed by atoms with Crippen LogP contribution in [0.1, 0.15) is 19.8 Å². The van der Waals surface area contributed by atoms with Crippen molar-refractivity contribution in [3.8, 4) is 0 Å². The van der Waals surface area contributed by atoms with Gasteiger partial charge in [-0.1, -0.05) is 30.4 Å². The van der Waals surface area contributed by atoms with Gasteiger partial charge in [0.25, 0.3) is 4.27 Å². The zero-order chi connectivity index (χ0) is 9.31. The number of hydrogen-bond acceptors (Lipinski definition) is 4. The van der Waals surface area contributed by atoms with Gasteiger partial charge in [0.15, 0.2) is 0 Å². The predicted molar refractivity (Wildman–Crippen MR) is 56.7 cm³/mol. The first-order valence-corrected chi connectivity index (χ1v) is 6.46. The van der Waals surface area contributed by atoms with Crippen molar-refractivity contribution < 1.29 is 9.53 Å². The molecular formula is C9H12O2S2. The van der Waals surface area contributed by atoms with Gasteiger partial charge in [-0.05, 0) is 17.9 Å². The molecule has 0 bridgehead atoms. The monoisotopic (exact) mass is 216 g/mol. The van der Waals surface area contributed by atoms with E-state index in [1.165, 1.54) is 6.42 Å². The maximum Gasteiger partial charge on any atom is 0.263 e. The molecule has 0 radical (unpaired) electrons. The highest BCUT2D eigenvalue weighted by Crippen LogP contribution is 2.48. The summed E-state index contributed by atoms with van der Waals surface area (Å²) in [5.74, 6) is 3.04. The average Bonchev–Trinajstić information content (AvgIpc) is 2.45. The minimum atomic E-state index is -0.594. The number of carbonyl (C=O) groups is 1. The van der Waals surface area contributed by atoms with Crippen LogP contribution in [0.5, 0.6) is 0 Å². The maximum atomic E-state index is 11.7. The van der Waals surface area contributed by atoms with Gasteiger partial charge < -0.3 is 4.74 Å². The Bertz CT molecular complexity index is 254. The number of carbonyl (C=O) groups excluding carboxylic acids is 1. The summed E-state index contributed by atoms with van der Waals surface area (Å²) in [5, 5.41) is 0. The molecule has 1 fully saturated rings. The average molecular weight is 216 g/mol. The summed E-state index contributed by atoms with van der Waals surface area (Å²) in [6.07, 6.45) is 3.65. The van der Waals surface area contributed by atoms with Crippen LogP contribution in [-0.4, -0.2) is 21.6 Å². The van der Waals surface area contributed by atoms with Crippen molar-refractivity contribution in [1.82, 2.24) is 0 Å². The van der Waals surface area contributed by atoms with Crippen molar-refractivity contribution in [2.45, 2.75) is 24.0 Å². The third-order valence-corrected chi connectivity index (χ3v) is 5.10. The van der Waals surface area contributed by atoms with Gasteiger partial charge in [0.05, 0.1) is 0 Å². The minimum absolute atomic E-state index is 0.138. The van der Waals surface area contributed by atoms with Gasteiger partial charge >= 0.3 is 0 Å². The number of ether oxygens (including phenoxy) is 1. The van der Waals surface area contributed by atoms with Crippen molar-refractivity contribution in [3.05, 3.63) is 11.8 Å². The van der Waals surface area contributed by atoms with Crippen LogP contribution in [0, 0.1) is 0 Å². The first kappa shape index (κ1) is 9.46. The molecule has 1 saturated heterocycles. The van der Waals surface area contributed by atoms with Crippen molar-refractivity contribution in [1.29, 1.82) is 0 Å². The molecule has 0 aromatic rings. The molecule has 0 aromatic carbocycles. The fraction of sp³-hybridized carbons (Fsp3) is 0.667. The highest BCUT2D eigenvalue weighted by atomic mass is 32.2. The van der Waals surface area contributed by atoms with Crippen LogP contribution < -0.4 is 0 Å². The topological polar surface area (TPSA) is 26.3 Å². The number of rotatable bonds is 1. The van der Waals surface area contributed by atoms with Crippen LogP contribution in [0.3, 0.4) is 0 Å². The summed E-state index contributed by atoms with van der Waals surface area (Å²) >= 11 is 3.28. The van der Waals surface area contributed by atoms with E-state index < -0.39 is 4.27 Å². The Morgan fingerprint density at radius 3 is 2.77 bits per heavy atom. The van der Waals surface area contributed by atoms with Gasteiger partial charge in [0.1, 0.15) is 5.76 Å². The molecule has 0 atom stereocenters. The molecule has 2 heterocycles. The first-order chi connectivity index (χ1) is 6.27. The SMILES string of the molecule is CCC1=CC(=O)C2(O1)SCCCS2. The zero-order valence-electron chi connectivity index (χ0n) is 7.54. The summed E-state index contributed by atoms with van der Waals surface area (Å²) in [6, 6.07) is 0. The number of thioether (sulfide) groups is 2. The summed E-state index contributed by atoms with van der Waals surface area (Å²) in [5.41, 5.74) is 0. The first-order valence-electron chi connectivity index (χ1n) is 4.49. The molecule has 0 aliphatic carbocycles. The quantitative estimate of drug-likeness (QED) is 0.672. The molecule has 2 aliphatic rings. The molecule has 2 nitrogen and oxygen atoms in total. The van der Waals surface area contributed by atoms with E-state index in [-0.39, 0.29) is 5.78 Å². The molecule has 13 heavy (non-hydrogen) atoms. The zero-order valence-corrected chi connectivity index (χ0v) is 9.17. The molecule has 72 valence electrons. The van der Waals surface area contributed by atoms with E-state index in [4.69, 9.17) is 4.74 Å². The van der Waals surface area contributed by atoms with E-state index in [1.807, 2.05) is 6.92 Å². The molecule has 0 amide bonds. The third kappa shape index (κ3) is 1.62. The fourth-order valence-electron chi connectivity index (χ4n) is 1.38. The largest absolute Gasteiger partial charge is 0.464 e. The smallest absolute Gasteiger partial charge is 0.263 e. The maximum absolute atomic E-state index is 11.7.